The number of amides is 2. The van der Waals surface area contributed by atoms with E-state index in [1.807, 2.05) is 32.0 Å². The smallest absolute Gasteiger partial charge is 0.280 e. The molecule has 0 spiro atoms. The number of anilines is 1. The summed E-state index contributed by atoms with van der Waals surface area (Å²) in [5.41, 5.74) is 2.71. The molecule has 0 unspecified atom stereocenters. The number of carbonyl (C=O) groups excluding carboxylic acids is 2. The highest BCUT2D eigenvalue weighted by atomic mass is 35.5. The van der Waals surface area contributed by atoms with E-state index in [1.54, 1.807) is 0 Å². The van der Waals surface area contributed by atoms with Gasteiger partial charge in [0.25, 0.3) is 5.91 Å². The zero-order valence-electron chi connectivity index (χ0n) is 15.9. The Balaban J connectivity index is 1.86. The fourth-order valence-corrected chi connectivity index (χ4v) is 4.55. The van der Waals surface area contributed by atoms with Crippen LogP contribution in [0.1, 0.15) is 53.7 Å². The maximum Gasteiger partial charge on any atom is 0.280 e. The van der Waals surface area contributed by atoms with Crippen LogP contribution in [-0.4, -0.2) is 28.8 Å². The van der Waals surface area contributed by atoms with Crippen LogP contribution < -0.4 is 10.2 Å². The van der Waals surface area contributed by atoms with Crippen molar-refractivity contribution in [3.05, 3.63) is 44.4 Å². The highest BCUT2D eigenvalue weighted by molar-refractivity contribution is 7.11. The fourth-order valence-electron chi connectivity index (χ4n) is 3.56. The SMILES string of the molecule is Cc1ccc(N(CC(=O)NC2CCCCC2)C(=O)c2nsc(Cl)c2Cl)c(C)c1. The van der Waals surface area contributed by atoms with E-state index in [-0.39, 0.29) is 33.5 Å². The van der Waals surface area contributed by atoms with Gasteiger partial charge in [0.2, 0.25) is 5.91 Å². The maximum atomic E-state index is 13.2. The number of aryl methyl sites for hydroxylation is 2. The lowest BCUT2D eigenvalue weighted by atomic mass is 9.95. The van der Waals surface area contributed by atoms with Gasteiger partial charge in [-0.1, -0.05) is 60.2 Å². The number of halogens is 2. The quantitative estimate of drug-likeness (QED) is 0.699. The largest absolute Gasteiger partial charge is 0.352 e. The summed E-state index contributed by atoms with van der Waals surface area (Å²) in [4.78, 5) is 27.3. The molecule has 3 rings (SSSR count). The van der Waals surface area contributed by atoms with Crippen LogP contribution in [0.15, 0.2) is 18.2 Å². The van der Waals surface area contributed by atoms with Gasteiger partial charge in [-0.05, 0) is 49.9 Å². The molecule has 5 nitrogen and oxygen atoms in total. The number of rotatable bonds is 5. The molecule has 2 aromatic rings. The summed E-state index contributed by atoms with van der Waals surface area (Å²) in [6.07, 6.45) is 5.42. The second-order valence-corrected chi connectivity index (χ2v) is 8.96. The molecule has 1 N–H and O–H groups in total. The van der Waals surface area contributed by atoms with E-state index in [0.29, 0.717) is 5.69 Å². The Labute approximate surface area is 179 Å². The standard InChI is InChI=1S/C20H23Cl2N3O2S/c1-12-8-9-15(13(2)10-12)25(20(27)18-17(21)19(22)28-24-18)11-16(26)23-14-6-4-3-5-7-14/h8-10,14H,3-7,11H2,1-2H3,(H,23,26). The Hall–Kier alpha value is -1.63. The Bertz CT molecular complexity index is 878. The first-order valence-corrected chi connectivity index (χ1v) is 10.9. The molecule has 1 saturated carbocycles. The van der Waals surface area contributed by atoms with Crippen molar-refractivity contribution >= 4 is 52.2 Å². The third-order valence-corrected chi connectivity index (χ3v) is 6.57. The molecular weight excluding hydrogens is 417 g/mol. The molecule has 28 heavy (non-hydrogen) atoms. The molecule has 1 aliphatic carbocycles. The van der Waals surface area contributed by atoms with E-state index in [2.05, 4.69) is 9.69 Å². The topological polar surface area (TPSA) is 62.3 Å². The second kappa shape index (κ2) is 9.25. The third kappa shape index (κ3) is 4.85. The second-order valence-electron chi connectivity index (χ2n) is 7.20. The number of nitrogens with zero attached hydrogens (tertiary/aromatic N) is 2. The lowest BCUT2D eigenvalue weighted by molar-refractivity contribution is -0.120. The van der Waals surface area contributed by atoms with E-state index in [1.165, 1.54) is 11.3 Å². The minimum absolute atomic E-state index is 0.0714. The molecule has 1 heterocycles. The average molecular weight is 440 g/mol. The van der Waals surface area contributed by atoms with Gasteiger partial charge in [-0.15, -0.1) is 0 Å². The summed E-state index contributed by atoms with van der Waals surface area (Å²) in [5, 5.41) is 3.19. The zero-order chi connectivity index (χ0) is 20.3. The van der Waals surface area contributed by atoms with Crippen LogP contribution >= 0.6 is 34.7 Å². The predicted octanol–water partition coefficient (Wildman–Crippen LogP) is 5.16. The Morgan fingerprint density at radius 2 is 1.93 bits per heavy atom. The maximum absolute atomic E-state index is 13.2. The predicted molar refractivity (Wildman–Crippen MR) is 115 cm³/mol. The van der Waals surface area contributed by atoms with Gasteiger partial charge >= 0.3 is 0 Å². The van der Waals surface area contributed by atoms with E-state index in [9.17, 15) is 9.59 Å². The number of hydrogen-bond donors (Lipinski definition) is 1. The molecule has 1 aromatic carbocycles. The number of benzene rings is 1. The third-order valence-electron chi connectivity index (χ3n) is 4.96. The molecule has 0 bridgehead atoms. The van der Waals surface area contributed by atoms with Gasteiger partial charge < -0.3 is 5.32 Å². The lowest BCUT2D eigenvalue weighted by Crippen LogP contribution is -2.45. The zero-order valence-corrected chi connectivity index (χ0v) is 18.3. The van der Waals surface area contributed by atoms with Gasteiger partial charge in [-0.3, -0.25) is 14.5 Å². The first-order valence-electron chi connectivity index (χ1n) is 9.36. The number of nitrogens with one attached hydrogen (secondary N) is 1. The molecule has 150 valence electrons. The number of carbonyl (C=O) groups is 2. The average Bonchev–Trinajstić information content (AvgIpc) is 2.99. The summed E-state index contributed by atoms with van der Waals surface area (Å²) >= 11 is 13.1. The van der Waals surface area contributed by atoms with Crippen molar-refractivity contribution in [1.82, 2.24) is 9.69 Å². The van der Waals surface area contributed by atoms with Gasteiger partial charge in [0.05, 0.1) is 0 Å². The monoisotopic (exact) mass is 439 g/mol. The Morgan fingerprint density at radius 1 is 1.21 bits per heavy atom. The Kier molecular flexibility index (Phi) is 6.96. The normalized spacial score (nSPS) is 14.7. The highest BCUT2D eigenvalue weighted by Crippen LogP contribution is 2.32. The van der Waals surface area contributed by atoms with Crippen LogP contribution in [0.5, 0.6) is 0 Å². The summed E-state index contributed by atoms with van der Waals surface area (Å²) in [5.74, 6) is -0.614. The van der Waals surface area contributed by atoms with E-state index in [0.717, 1.165) is 48.3 Å². The van der Waals surface area contributed by atoms with Crippen LogP contribution in [-0.2, 0) is 4.79 Å². The van der Waals surface area contributed by atoms with Crippen LogP contribution in [0.3, 0.4) is 0 Å². The first kappa shape index (κ1) is 21.1. The summed E-state index contributed by atoms with van der Waals surface area (Å²) in [6, 6.07) is 5.91. The molecule has 1 fully saturated rings. The summed E-state index contributed by atoms with van der Waals surface area (Å²) < 4.78 is 4.35. The molecule has 1 aliphatic rings. The van der Waals surface area contributed by atoms with Crippen LogP contribution in [0.25, 0.3) is 0 Å². The van der Waals surface area contributed by atoms with Crippen LogP contribution in [0, 0.1) is 13.8 Å². The van der Waals surface area contributed by atoms with Crippen LogP contribution in [0.4, 0.5) is 5.69 Å². The lowest BCUT2D eigenvalue weighted by Gasteiger charge is -2.27. The van der Waals surface area contributed by atoms with Crippen molar-refractivity contribution in [3.8, 4) is 0 Å². The van der Waals surface area contributed by atoms with Gasteiger partial charge in [0.1, 0.15) is 15.9 Å². The molecule has 0 atom stereocenters. The number of aromatic nitrogens is 1. The first-order chi connectivity index (χ1) is 13.4. The van der Waals surface area contributed by atoms with Gasteiger partial charge in [0.15, 0.2) is 5.69 Å². The minimum atomic E-state index is -0.432. The molecular formula is C20H23Cl2N3O2S. The summed E-state index contributed by atoms with van der Waals surface area (Å²) in [7, 11) is 0. The highest BCUT2D eigenvalue weighted by Gasteiger charge is 2.28. The van der Waals surface area contributed by atoms with Crippen molar-refractivity contribution in [1.29, 1.82) is 0 Å². The van der Waals surface area contributed by atoms with Gasteiger partial charge in [-0.2, -0.15) is 4.37 Å². The van der Waals surface area contributed by atoms with Crippen molar-refractivity contribution in [2.24, 2.45) is 0 Å². The van der Waals surface area contributed by atoms with E-state index in [4.69, 9.17) is 23.2 Å². The fraction of sp³-hybridized carbons (Fsp3) is 0.450. The summed E-state index contributed by atoms with van der Waals surface area (Å²) in [6.45, 7) is 3.80. The van der Waals surface area contributed by atoms with Gasteiger partial charge in [-0.25, -0.2) is 0 Å². The Morgan fingerprint density at radius 3 is 2.54 bits per heavy atom. The van der Waals surface area contributed by atoms with E-state index >= 15 is 0 Å². The van der Waals surface area contributed by atoms with Crippen molar-refractivity contribution in [2.75, 3.05) is 11.4 Å². The molecule has 0 radical (unpaired) electrons. The van der Waals surface area contributed by atoms with E-state index < -0.39 is 5.91 Å². The van der Waals surface area contributed by atoms with Crippen molar-refractivity contribution in [3.63, 3.8) is 0 Å². The van der Waals surface area contributed by atoms with Gasteiger partial charge in [0, 0.05) is 11.7 Å². The van der Waals surface area contributed by atoms with Crippen molar-refractivity contribution in [2.45, 2.75) is 52.0 Å². The minimum Gasteiger partial charge on any atom is -0.352 e. The van der Waals surface area contributed by atoms with Crippen molar-refractivity contribution < 1.29 is 9.59 Å². The molecule has 1 aromatic heterocycles. The molecule has 8 heteroatoms. The number of hydrogen-bond acceptors (Lipinski definition) is 4. The molecule has 0 aliphatic heterocycles. The molecule has 0 saturated heterocycles. The van der Waals surface area contributed by atoms with Crippen LogP contribution in [0.2, 0.25) is 9.36 Å². The molecule has 2 amide bonds.